The lowest BCUT2D eigenvalue weighted by Gasteiger charge is -2.29. The van der Waals surface area contributed by atoms with Crippen molar-refractivity contribution in [1.82, 2.24) is 0 Å². The van der Waals surface area contributed by atoms with Crippen LogP contribution >= 0.6 is 0 Å². The molecule has 2 rings (SSSR count). The average Bonchev–Trinajstić information content (AvgIpc) is 2.60. The Morgan fingerprint density at radius 1 is 1.26 bits per heavy atom. The number of hydrogen-bond acceptors (Lipinski definition) is 3. The predicted molar refractivity (Wildman–Crippen MR) is 91.2 cm³/mol. The zero-order chi connectivity index (χ0) is 16.7. The summed E-state index contributed by atoms with van der Waals surface area (Å²) in [7, 11) is 2.17. The van der Waals surface area contributed by atoms with Gasteiger partial charge in [-0.2, -0.15) is 0 Å². The first-order chi connectivity index (χ1) is 11.1. The van der Waals surface area contributed by atoms with Crippen LogP contribution in [0.5, 0.6) is 5.75 Å². The number of rotatable bonds is 8. The van der Waals surface area contributed by atoms with Crippen LogP contribution in [0.4, 0.5) is 0 Å². The number of carbonyl (C=O) groups excluding carboxylic acids is 1. The van der Waals surface area contributed by atoms with Crippen LogP contribution in [0, 0.1) is 0 Å². The molecule has 1 aliphatic carbocycles. The monoisotopic (exact) mass is 320 g/mol. The number of aliphatic hydroxyl groups is 1. The van der Waals surface area contributed by atoms with Crippen molar-refractivity contribution in [3.8, 4) is 5.75 Å². The SMILES string of the molecule is CCC(=O)c1ccc(OC[C@H](O)C[NH+](C)C2CCCCC2)cc1. The fourth-order valence-electron chi connectivity index (χ4n) is 3.33. The topological polar surface area (TPSA) is 51.0 Å². The van der Waals surface area contributed by atoms with Crippen LogP contribution in [0.3, 0.4) is 0 Å². The number of likely N-dealkylation sites (N-methyl/N-ethyl adjacent to an activating group) is 1. The Labute approximate surface area is 139 Å². The lowest BCUT2D eigenvalue weighted by Crippen LogP contribution is -3.14. The molecule has 0 aromatic heterocycles. The number of ether oxygens (including phenoxy) is 1. The molecule has 4 nitrogen and oxygen atoms in total. The molecule has 4 heteroatoms. The molecule has 23 heavy (non-hydrogen) atoms. The van der Waals surface area contributed by atoms with Gasteiger partial charge in [0.2, 0.25) is 0 Å². The maximum Gasteiger partial charge on any atom is 0.162 e. The number of nitrogens with one attached hydrogen (secondary N) is 1. The van der Waals surface area contributed by atoms with Crippen molar-refractivity contribution in [2.24, 2.45) is 0 Å². The Hall–Kier alpha value is -1.39. The maximum absolute atomic E-state index is 11.6. The number of quaternary nitrogens is 1. The molecule has 1 aromatic carbocycles. The fraction of sp³-hybridized carbons (Fsp3) is 0.632. The molecule has 0 radical (unpaired) electrons. The minimum absolute atomic E-state index is 0.134. The van der Waals surface area contributed by atoms with Crippen LogP contribution < -0.4 is 9.64 Å². The second kappa shape index (κ2) is 9.04. The van der Waals surface area contributed by atoms with E-state index >= 15 is 0 Å². The molecule has 1 aromatic rings. The van der Waals surface area contributed by atoms with Gasteiger partial charge in [0.25, 0.3) is 0 Å². The van der Waals surface area contributed by atoms with Crippen LogP contribution in [-0.4, -0.2) is 43.2 Å². The number of carbonyl (C=O) groups is 1. The number of benzene rings is 1. The number of hydrogen-bond donors (Lipinski definition) is 2. The highest BCUT2D eigenvalue weighted by Crippen LogP contribution is 2.15. The van der Waals surface area contributed by atoms with E-state index in [9.17, 15) is 9.90 Å². The van der Waals surface area contributed by atoms with E-state index < -0.39 is 6.10 Å². The summed E-state index contributed by atoms with van der Waals surface area (Å²) in [6.07, 6.45) is 6.57. The van der Waals surface area contributed by atoms with E-state index in [2.05, 4.69) is 7.05 Å². The first-order valence-corrected chi connectivity index (χ1v) is 8.86. The molecule has 0 bridgehead atoms. The molecule has 0 heterocycles. The van der Waals surface area contributed by atoms with E-state index in [1.165, 1.54) is 37.0 Å². The van der Waals surface area contributed by atoms with Gasteiger partial charge >= 0.3 is 0 Å². The van der Waals surface area contributed by atoms with E-state index in [1.54, 1.807) is 24.3 Å². The van der Waals surface area contributed by atoms with Gasteiger partial charge in [-0.25, -0.2) is 0 Å². The Morgan fingerprint density at radius 3 is 2.52 bits per heavy atom. The van der Waals surface area contributed by atoms with Crippen molar-refractivity contribution in [3.05, 3.63) is 29.8 Å². The van der Waals surface area contributed by atoms with Gasteiger partial charge in [-0.1, -0.05) is 13.3 Å². The van der Waals surface area contributed by atoms with E-state index in [4.69, 9.17) is 4.74 Å². The summed E-state index contributed by atoms with van der Waals surface area (Å²) < 4.78 is 5.65. The molecule has 0 spiro atoms. The van der Waals surface area contributed by atoms with Crippen LogP contribution in [-0.2, 0) is 0 Å². The average molecular weight is 320 g/mol. The van der Waals surface area contributed by atoms with E-state index in [1.807, 2.05) is 6.92 Å². The van der Waals surface area contributed by atoms with Crippen molar-refractivity contribution in [3.63, 3.8) is 0 Å². The molecule has 0 amide bonds. The van der Waals surface area contributed by atoms with Crippen LogP contribution in [0.1, 0.15) is 55.8 Å². The fourth-order valence-corrected chi connectivity index (χ4v) is 3.33. The summed E-state index contributed by atoms with van der Waals surface area (Å²) in [5.74, 6) is 0.835. The molecule has 1 aliphatic rings. The number of Topliss-reactive ketones (excluding diaryl/α,β-unsaturated/α-hetero) is 1. The summed E-state index contributed by atoms with van der Waals surface area (Å²) in [5.41, 5.74) is 0.710. The minimum atomic E-state index is -0.464. The van der Waals surface area contributed by atoms with Crippen molar-refractivity contribution in [1.29, 1.82) is 0 Å². The summed E-state index contributed by atoms with van der Waals surface area (Å²) in [5, 5.41) is 10.2. The van der Waals surface area contributed by atoms with Gasteiger partial charge in [0.05, 0.1) is 13.1 Å². The van der Waals surface area contributed by atoms with Gasteiger partial charge in [-0.15, -0.1) is 0 Å². The Bertz CT molecular complexity index is 480. The number of aliphatic hydroxyl groups excluding tert-OH is 1. The summed E-state index contributed by atoms with van der Waals surface area (Å²) in [4.78, 5) is 13.0. The van der Waals surface area contributed by atoms with Crippen molar-refractivity contribution < 1.29 is 19.5 Å². The van der Waals surface area contributed by atoms with Crippen molar-refractivity contribution in [2.75, 3.05) is 20.2 Å². The van der Waals surface area contributed by atoms with Crippen molar-refractivity contribution >= 4 is 5.78 Å². The summed E-state index contributed by atoms with van der Waals surface area (Å²) in [6.45, 7) is 2.87. The molecule has 128 valence electrons. The van der Waals surface area contributed by atoms with E-state index in [0.717, 1.165) is 6.54 Å². The zero-order valence-electron chi connectivity index (χ0n) is 14.4. The molecule has 2 N–H and O–H groups in total. The Kier molecular flexibility index (Phi) is 7.06. The second-order valence-electron chi connectivity index (χ2n) is 6.65. The molecule has 1 unspecified atom stereocenters. The quantitative estimate of drug-likeness (QED) is 0.719. The molecule has 0 aliphatic heterocycles. The highest BCUT2D eigenvalue weighted by atomic mass is 16.5. The van der Waals surface area contributed by atoms with Gasteiger partial charge in [-0.05, 0) is 49.9 Å². The van der Waals surface area contributed by atoms with Gasteiger partial charge in [0, 0.05) is 12.0 Å². The first-order valence-electron chi connectivity index (χ1n) is 8.86. The normalized spacial score (nSPS) is 18.4. The lowest BCUT2D eigenvalue weighted by molar-refractivity contribution is -0.910. The molecular weight excluding hydrogens is 290 g/mol. The van der Waals surface area contributed by atoms with Crippen molar-refractivity contribution in [2.45, 2.75) is 57.6 Å². The van der Waals surface area contributed by atoms with Gasteiger partial charge in [0.15, 0.2) is 5.78 Å². The van der Waals surface area contributed by atoms with Gasteiger partial charge in [-0.3, -0.25) is 4.79 Å². The van der Waals surface area contributed by atoms with Gasteiger partial charge in [0.1, 0.15) is 25.0 Å². The Morgan fingerprint density at radius 2 is 1.91 bits per heavy atom. The van der Waals surface area contributed by atoms with Crippen LogP contribution in [0.25, 0.3) is 0 Å². The minimum Gasteiger partial charge on any atom is -0.491 e. The van der Waals surface area contributed by atoms with Crippen LogP contribution in [0.2, 0.25) is 0 Å². The Balaban J connectivity index is 1.75. The molecule has 2 atom stereocenters. The number of ketones is 1. The summed E-state index contributed by atoms with van der Waals surface area (Å²) >= 11 is 0. The van der Waals surface area contributed by atoms with Gasteiger partial charge < -0.3 is 14.7 Å². The highest BCUT2D eigenvalue weighted by molar-refractivity contribution is 5.95. The van der Waals surface area contributed by atoms with Crippen LogP contribution in [0.15, 0.2) is 24.3 Å². The standard InChI is InChI=1S/C19H29NO3/c1-3-19(22)15-9-11-18(12-10-15)23-14-17(21)13-20(2)16-7-5-4-6-8-16/h9-12,16-17,21H,3-8,13-14H2,1-2H3/p+1/t17-/m1/s1. The largest absolute Gasteiger partial charge is 0.491 e. The molecular formula is C19H30NO3+. The molecule has 0 saturated heterocycles. The lowest BCUT2D eigenvalue weighted by atomic mass is 9.94. The zero-order valence-corrected chi connectivity index (χ0v) is 14.4. The predicted octanol–water partition coefficient (Wildman–Crippen LogP) is 1.87. The third-order valence-corrected chi connectivity index (χ3v) is 4.80. The summed E-state index contributed by atoms with van der Waals surface area (Å²) in [6, 6.07) is 7.85. The first kappa shape index (κ1) is 18.0. The maximum atomic E-state index is 11.6. The van der Waals surface area contributed by atoms with E-state index in [-0.39, 0.29) is 5.78 Å². The smallest absolute Gasteiger partial charge is 0.162 e. The molecule has 1 fully saturated rings. The second-order valence-corrected chi connectivity index (χ2v) is 6.65. The van der Waals surface area contributed by atoms with E-state index in [0.29, 0.717) is 30.4 Å². The highest BCUT2D eigenvalue weighted by Gasteiger charge is 2.23. The third kappa shape index (κ3) is 5.63. The third-order valence-electron chi connectivity index (χ3n) is 4.80. The molecule has 1 saturated carbocycles.